The largest absolute Gasteiger partial charge is 0.378 e. The van der Waals surface area contributed by atoms with E-state index in [1.54, 1.807) is 59.3 Å². The maximum atomic E-state index is 12.6. The van der Waals surface area contributed by atoms with Crippen LogP contribution < -0.4 is 21.1 Å². The van der Waals surface area contributed by atoms with Crippen molar-refractivity contribution >= 4 is 40.4 Å². The van der Waals surface area contributed by atoms with Gasteiger partial charge in [0.05, 0.1) is 16.8 Å². The Kier molecular flexibility index (Phi) is 6.25. The minimum Gasteiger partial charge on any atom is -0.378 e. The number of para-hydroxylation sites is 1. The van der Waals surface area contributed by atoms with Crippen molar-refractivity contribution in [2.75, 3.05) is 24.3 Å². The van der Waals surface area contributed by atoms with Crippen LogP contribution in [0.4, 0.5) is 11.4 Å². The summed E-state index contributed by atoms with van der Waals surface area (Å²) >= 11 is 1.41. The molecular formula is C21H20N4O3S. The number of benzene rings is 2. The van der Waals surface area contributed by atoms with Gasteiger partial charge in [0.25, 0.3) is 17.7 Å². The Balaban J connectivity index is 1.67. The number of nitrogens with one attached hydrogen (secondary N) is 3. The summed E-state index contributed by atoms with van der Waals surface area (Å²) < 4.78 is 0. The van der Waals surface area contributed by atoms with E-state index in [1.807, 2.05) is 25.1 Å². The average molecular weight is 408 g/mol. The maximum Gasteiger partial charge on any atom is 0.271 e. The molecule has 0 atom stereocenters. The first-order chi connectivity index (χ1) is 14.0. The molecule has 1 aromatic heterocycles. The molecule has 0 radical (unpaired) electrons. The van der Waals surface area contributed by atoms with Crippen molar-refractivity contribution in [3.05, 3.63) is 82.0 Å². The zero-order valence-corrected chi connectivity index (χ0v) is 16.7. The molecule has 1 heterocycles. The van der Waals surface area contributed by atoms with Gasteiger partial charge in [-0.3, -0.25) is 25.2 Å². The van der Waals surface area contributed by atoms with E-state index in [1.165, 1.54) is 11.3 Å². The van der Waals surface area contributed by atoms with E-state index in [9.17, 15) is 14.4 Å². The Morgan fingerprint density at radius 1 is 0.828 bits per heavy atom. The predicted molar refractivity (Wildman–Crippen MR) is 114 cm³/mol. The van der Waals surface area contributed by atoms with Crippen LogP contribution in [0.25, 0.3) is 0 Å². The summed E-state index contributed by atoms with van der Waals surface area (Å²) in [7, 11) is 3.75. The maximum absolute atomic E-state index is 12.6. The zero-order chi connectivity index (χ0) is 20.8. The van der Waals surface area contributed by atoms with Gasteiger partial charge in [-0.25, -0.2) is 0 Å². The molecule has 3 N–H and O–H groups in total. The monoisotopic (exact) mass is 408 g/mol. The van der Waals surface area contributed by atoms with E-state index in [4.69, 9.17) is 0 Å². The summed E-state index contributed by atoms with van der Waals surface area (Å²) in [6.07, 6.45) is 0. The van der Waals surface area contributed by atoms with Crippen LogP contribution in [-0.4, -0.2) is 31.8 Å². The van der Waals surface area contributed by atoms with Gasteiger partial charge in [-0.1, -0.05) is 18.2 Å². The standard InChI is InChI=1S/C21H20N4O3S/c1-25(2)16-7-5-6-14(12-16)20(27)23-24-21(28)17-8-3-4-9-18(17)22-19(26)15-10-11-29-13-15/h3-13H,1-2H3,(H,22,26)(H,23,27)(H,24,28). The number of hydrogen-bond acceptors (Lipinski definition) is 5. The van der Waals surface area contributed by atoms with Crippen LogP contribution in [0.5, 0.6) is 0 Å². The summed E-state index contributed by atoms with van der Waals surface area (Å²) in [6, 6.07) is 15.3. The van der Waals surface area contributed by atoms with Crippen molar-refractivity contribution in [1.82, 2.24) is 10.9 Å². The molecule has 0 saturated carbocycles. The topological polar surface area (TPSA) is 90.5 Å². The molecule has 3 aromatic rings. The quantitative estimate of drug-likeness (QED) is 0.566. The second-order valence-corrected chi connectivity index (χ2v) is 7.14. The third-order valence-electron chi connectivity index (χ3n) is 4.12. The summed E-state index contributed by atoms with van der Waals surface area (Å²) in [5.74, 6) is -1.29. The molecular weight excluding hydrogens is 388 g/mol. The highest BCUT2D eigenvalue weighted by atomic mass is 32.1. The van der Waals surface area contributed by atoms with E-state index < -0.39 is 11.8 Å². The molecule has 148 valence electrons. The number of rotatable bonds is 5. The highest BCUT2D eigenvalue weighted by molar-refractivity contribution is 7.08. The molecule has 0 unspecified atom stereocenters. The van der Waals surface area contributed by atoms with Gasteiger partial charge in [-0.05, 0) is 41.8 Å². The minimum atomic E-state index is -0.539. The van der Waals surface area contributed by atoms with Crippen LogP contribution in [0.15, 0.2) is 65.4 Å². The van der Waals surface area contributed by atoms with Crippen LogP contribution in [0, 0.1) is 0 Å². The highest BCUT2D eigenvalue weighted by Gasteiger charge is 2.15. The van der Waals surface area contributed by atoms with Gasteiger partial charge >= 0.3 is 0 Å². The predicted octanol–water partition coefficient (Wildman–Crippen LogP) is 3.14. The van der Waals surface area contributed by atoms with Gasteiger partial charge < -0.3 is 10.2 Å². The summed E-state index contributed by atoms with van der Waals surface area (Å²) in [5.41, 5.74) is 7.17. The molecule has 7 nitrogen and oxygen atoms in total. The first-order valence-corrected chi connectivity index (χ1v) is 9.70. The molecule has 2 aromatic carbocycles. The Morgan fingerprint density at radius 2 is 1.59 bits per heavy atom. The van der Waals surface area contributed by atoms with Gasteiger partial charge in [0.1, 0.15) is 0 Å². The normalized spacial score (nSPS) is 10.1. The smallest absolute Gasteiger partial charge is 0.271 e. The molecule has 3 rings (SSSR count). The van der Waals surface area contributed by atoms with Crippen LogP contribution in [-0.2, 0) is 0 Å². The lowest BCUT2D eigenvalue weighted by molar-refractivity contribution is 0.0847. The van der Waals surface area contributed by atoms with E-state index in [2.05, 4.69) is 16.2 Å². The fourth-order valence-electron chi connectivity index (χ4n) is 2.56. The molecule has 0 spiro atoms. The number of carbonyl (C=O) groups excluding carboxylic acids is 3. The number of hydrazine groups is 1. The molecule has 0 fully saturated rings. The molecule has 8 heteroatoms. The van der Waals surface area contributed by atoms with Crippen molar-refractivity contribution in [3.63, 3.8) is 0 Å². The molecule has 0 aliphatic rings. The number of anilines is 2. The number of carbonyl (C=O) groups is 3. The summed E-state index contributed by atoms with van der Waals surface area (Å²) in [4.78, 5) is 39.1. The van der Waals surface area contributed by atoms with E-state index >= 15 is 0 Å². The molecule has 0 aliphatic heterocycles. The van der Waals surface area contributed by atoms with E-state index in [-0.39, 0.29) is 11.5 Å². The first-order valence-electron chi connectivity index (χ1n) is 8.76. The Bertz CT molecular complexity index is 1030. The fourth-order valence-corrected chi connectivity index (χ4v) is 3.19. The Labute approximate surface area is 172 Å². The van der Waals surface area contributed by atoms with Crippen molar-refractivity contribution in [1.29, 1.82) is 0 Å². The summed E-state index contributed by atoms with van der Waals surface area (Å²) in [6.45, 7) is 0. The van der Waals surface area contributed by atoms with Crippen molar-refractivity contribution in [3.8, 4) is 0 Å². The van der Waals surface area contributed by atoms with Crippen molar-refractivity contribution in [2.24, 2.45) is 0 Å². The number of nitrogens with zero attached hydrogens (tertiary/aromatic N) is 1. The lowest BCUT2D eigenvalue weighted by Gasteiger charge is -2.14. The number of amides is 3. The molecule has 0 aliphatic carbocycles. The van der Waals surface area contributed by atoms with Crippen LogP contribution in [0.1, 0.15) is 31.1 Å². The molecule has 29 heavy (non-hydrogen) atoms. The third kappa shape index (κ3) is 4.99. The Hall–Kier alpha value is -3.65. The van der Waals surface area contributed by atoms with Gasteiger partial charge in [0.15, 0.2) is 0 Å². The number of hydrogen-bond donors (Lipinski definition) is 3. The number of thiophene rings is 1. The molecule has 0 bridgehead atoms. The molecule has 3 amide bonds. The lowest BCUT2D eigenvalue weighted by Crippen LogP contribution is -2.42. The van der Waals surface area contributed by atoms with Crippen LogP contribution in [0.2, 0.25) is 0 Å². The SMILES string of the molecule is CN(C)c1cccc(C(=O)NNC(=O)c2ccccc2NC(=O)c2ccsc2)c1. The first kappa shape index (κ1) is 20.1. The molecule has 0 saturated heterocycles. The van der Waals surface area contributed by atoms with Gasteiger partial charge in [-0.2, -0.15) is 11.3 Å². The summed E-state index contributed by atoms with van der Waals surface area (Å²) in [5, 5.41) is 6.24. The minimum absolute atomic E-state index is 0.235. The van der Waals surface area contributed by atoms with Crippen LogP contribution in [0.3, 0.4) is 0 Å². The second kappa shape index (κ2) is 9.03. The fraction of sp³-hybridized carbons (Fsp3) is 0.0952. The van der Waals surface area contributed by atoms with Gasteiger partial charge in [-0.15, -0.1) is 0 Å². The van der Waals surface area contributed by atoms with Crippen molar-refractivity contribution < 1.29 is 14.4 Å². The second-order valence-electron chi connectivity index (χ2n) is 6.36. The lowest BCUT2D eigenvalue weighted by atomic mass is 10.1. The van der Waals surface area contributed by atoms with E-state index in [0.717, 1.165) is 5.69 Å². The highest BCUT2D eigenvalue weighted by Crippen LogP contribution is 2.17. The van der Waals surface area contributed by atoms with Crippen molar-refractivity contribution in [2.45, 2.75) is 0 Å². The van der Waals surface area contributed by atoms with E-state index in [0.29, 0.717) is 16.8 Å². The van der Waals surface area contributed by atoms with Gasteiger partial charge in [0, 0.05) is 30.7 Å². The Morgan fingerprint density at radius 3 is 2.31 bits per heavy atom. The zero-order valence-electron chi connectivity index (χ0n) is 15.9. The third-order valence-corrected chi connectivity index (χ3v) is 4.80. The average Bonchev–Trinajstić information content (AvgIpc) is 3.27. The van der Waals surface area contributed by atoms with Gasteiger partial charge in [0.2, 0.25) is 0 Å². The van der Waals surface area contributed by atoms with Crippen LogP contribution >= 0.6 is 11.3 Å².